The summed E-state index contributed by atoms with van der Waals surface area (Å²) >= 11 is 3.86. The van der Waals surface area contributed by atoms with Gasteiger partial charge in [-0.2, -0.15) is 0 Å². The number of nitrogens with one attached hydrogen (secondary N) is 1. The van der Waals surface area contributed by atoms with Gasteiger partial charge in [0.2, 0.25) is 0 Å². The molecule has 0 saturated carbocycles. The number of thiophene rings is 1. The first kappa shape index (κ1) is 13.2. The fourth-order valence-electron chi connectivity index (χ4n) is 2.92. The summed E-state index contributed by atoms with van der Waals surface area (Å²) in [5.41, 5.74) is 2.66. The molecule has 0 saturated heterocycles. The van der Waals surface area contributed by atoms with Crippen LogP contribution in [0.1, 0.15) is 24.9 Å². The standard InChI is InChI=1S/C17H16N2S2/c1-11-9-16(14-6-8-20-17(14)21-11)19-15-4-2-3-12-10-18-7-5-13(12)15/h2-8,10-11,16,19H,9H2,1H3/t11-,16?/m0/s1. The number of thioether (sulfide) groups is 1. The Morgan fingerprint density at radius 3 is 3.14 bits per heavy atom. The van der Waals surface area contributed by atoms with Crippen molar-refractivity contribution < 1.29 is 0 Å². The van der Waals surface area contributed by atoms with Gasteiger partial charge in [-0.1, -0.05) is 19.1 Å². The lowest BCUT2D eigenvalue weighted by Crippen LogP contribution is -2.19. The maximum absolute atomic E-state index is 4.21. The minimum atomic E-state index is 0.404. The monoisotopic (exact) mass is 312 g/mol. The van der Waals surface area contributed by atoms with E-state index in [0.29, 0.717) is 11.3 Å². The van der Waals surface area contributed by atoms with Gasteiger partial charge in [0.25, 0.3) is 0 Å². The normalized spacial score (nSPS) is 21.2. The van der Waals surface area contributed by atoms with E-state index in [1.807, 2.05) is 35.5 Å². The minimum Gasteiger partial charge on any atom is -0.378 e. The first-order chi connectivity index (χ1) is 10.3. The van der Waals surface area contributed by atoms with Crippen LogP contribution in [0.5, 0.6) is 0 Å². The average Bonchev–Trinajstić information content (AvgIpc) is 2.96. The molecule has 1 aliphatic heterocycles. The Bertz CT molecular complexity index is 776. The van der Waals surface area contributed by atoms with Gasteiger partial charge in [-0.25, -0.2) is 0 Å². The van der Waals surface area contributed by atoms with Gasteiger partial charge >= 0.3 is 0 Å². The molecule has 106 valence electrons. The fourth-order valence-corrected chi connectivity index (χ4v) is 5.49. The van der Waals surface area contributed by atoms with E-state index in [1.165, 1.54) is 26.2 Å². The van der Waals surface area contributed by atoms with Crippen LogP contribution in [0.15, 0.2) is 52.3 Å². The maximum atomic E-state index is 4.21. The van der Waals surface area contributed by atoms with Crippen LogP contribution in [0.3, 0.4) is 0 Å². The van der Waals surface area contributed by atoms with Crippen molar-refractivity contribution in [2.75, 3.05) is 5.32 Å². The average molecular weight is 312 g/mol. The van der Waals surface area contributed by atoms with Crippen molar-refractivity contribution in [2.24, 2.45) is 0 Å². The van der Waals surface area contributed by atoms with E-state index in [0.717, 1.165) is 6.42 Å². The molecule has 4 heteroatoms. The molecule has 4 rings (SSSR count). The summed E-state index contributed by atoms with van der Waals surface area (Å²) in [5, 5.41) is 9.06. The van der Waals surface area contributed by atoms with Crippen LogP contribution in [0.2, 0.25) is 0 Å². The second-order valence-corrected chi connectivity index (χ2v) is 8.05. The van der Waals surface area contributed by atoms with Crippen molar-refractivity contribution >= 4 is 39.6 Å². The van der Waals surface area contributed by atoms with Crippen LogP contribution in [-0.4, -0.2) is 10.2 Å². The molecule has 2 atom stereocenters. The number of rotatable bonds is 2. The molecule has 0 radical (unpaired) electrons. The highest BCUT2D eigenvalue weighted by Gasteiger charge is 2.26. The second-order valence-electron chi connectivity index (χ2n) is 5.43. The molecular weight excluding hydrogens is 296 g/mol. The van der Waals surface area contributed by atoms with Gasteiger partial charge in [0.1, 0.15) is 0 Å². The smallest absolute Gasteiger partial charge is 0.0653 e. The van der Waals surface area contributed by atoms with Crippen molar-refractivity contribution in [2.45, 2.75) is 28.8 Å². The molecule has 2 nitrogen and oxygen atoms in total. The van der Waals surface area contributed by atoms with Gasteiger partial charge in [-0.15, -0.1) is 23.1 Å². The molecule has 1 N–H and O–H groups in total. The van der Waals surface area contributed by atoms with E-state index in [9.17, 15) is 0 Å². The first-order valence-electron chi connectivity index (χ1n) is 7.14. The summed E-state index contributed by atoms with van der Waals surface area (Å²) in [5.74, 6) is 0. The molecule has 3 aromatic rings. The number of pyridine rings is 1. The third-order valence-corrected chi connectivity index (χ3v) is 6.26. The van der Waals surface area contributed by atoms with Gasteiger partial charge in [-0.3, -0.25) is 4.98 Å². The Morgan fingerprint density at radius 2 is 2.19 bits per heavy atom. The molecule has 3 heterocycles. The van der Waals surface area contributed by atoms with Crippen molar-refractivity contribution in [3.8, 4) is 0 Å². The number of nitrogens with zero attached hydrogens (tertiary/aromatic N) is 1. The molecule has 0 aliphatic carbocycles. The number of fused-ring (bicyclic) bond motifs is 2. The van der Waals surface area contributed by atoms with E-state index < -0.39 is 0 Å². The van der Waals surface area contributed by atoms with Crippen LogP contribution in [0, 0.1) is 0 Å². The molecule has 0 fully saturated rings. The number of benzene rings is 1. The molecular formula is C17H16N2S2. The van der Waals surface area contributed by atoms with E-state index in [4.69, 9.17) is 0 Å². The summed E-state index contributed by atoms with van der Waals surface area (Å²) in [6.07, 6.45) is 4.95. The molecule has 1 aromatic carbocycles. The SMILES string of the molecule is C[C@H]1CC(Nc2cccc3cnccc23)c2ccsc2S1. The first-order valence-corrected chi connectivity index (χ1v) is 8.90. The lowest BCUT2D eigenvalue weighted by molar-refractivity contribution is 0.670. The third-order valence-electron chi connectivity index (χ3n) is 3.92. The number of aromatic nitrogens is 1. The van der Waals surface area contributed by atoms with Crippen LogP contribution in [0.4, 0.5) is 5.69 Å². The van der Waals surface area contributed by atoms with Crippen LogP contribution in [0.25, 0.3) is 10.8 Å². The van der Waals surface area contributed by atoms with E-state index in [1.54, 1.807) is 0 Å². The second kappa shape index (κ2) is 5.35. The predicted molar refractivity (Wildman–Crippen MR) is 92.4 cm³/mol. The molecule has 1 aliphatic rings. The zero-order chi connectivity index (χ0) is 14.2. The van der Waals surface area contributed by atoms with Gasteiger partial charge in [0.05, 0.1) is 10.3 Å². The lowest BCUT2D eigenvalue weighted by Gasteiger charge is -2.28. The highest BCUT2D eigenvalue weighted by atomic mass is 32.2. The van der Waals surface area contributed by atoms with Crippen LogP contribution >= 0.6 is 23.1 Å². The third kappa shape index (κ3) is 2.43. The Balaban J connectivity index is 1.73. The molecule has 0 spiro atoms. The van der Waals surface area contributed by atoms with Gasteiger partial charge in [0.15, 0.2) is 0 Å². The number of anilines is 1. The largest absolute Gasteiger partial charge is 0.378 e. The lowest BCUT2D eigenvalue weighted by atomic mass is 10.0. The topological polar surface area (TPSA) is 24.9 Å². The summed E-state index contributed by atoms with van der Waals surface area (Å²) in [6.45, 7) is 2.31. The molecule has 2 aromatic heterocycles. The van der Waals surface area contributed by atoms with Crippen molar-refractivity contribution in [3.63, 3.8) is 0 Å². The Morgan fingerprint density at radius 1 is 1.24 bits per heavy atom. The summed E-state index contributed by atoms with van der Waals surface area (Å²) in [4.78, 5) is 4.21. The molecule has 0 bridgehead atoms. The Kier molecular flexibility index (Phi) is 3.36. The van der Waals surface area contributed by atoms with Crippen LogP contribution in [-0.2, 0) is 0 Å². The van der Waals surface area contributed by atoms with E-state index in [-0.39, 0.29) is 0 Å². The zero-order valence-corrected chi connectivity index (χ0v) is 13.4. The molecule has 1 unspecified atom stereocenters. The van der Waals surface area contributed by atoms with Crippen LogP contribution < -0.4 is 5.32 Å². The van der Waals surface area contributed by atoms with E-state index in [2.05, 4.69) is 52.9 Å². The Labute approximate surface area is 132 Å². The highest BCUT2D eigenvalue weighted by Crippen LogP contribution is 2.45. The number of hydrogen-bond donors (Lipinski definition) is 1. The summed E-state index contributed by atoms with van der Waals surface area (Å²) < 4.78 is 1.47. The van der Waals surface area contributed by atoms with Crippen molar-refractivity contribution in [1.29, 1.82) is 0 Å². The quantitative estimate of drug-likeness (QED) is 0.692. The number of hydrogen-bond acceptors (Lipinski definition) is 4. The molecule has 21 heavy (non-hydrogen) atoms. The van der Waals surface area contributed by atoms with Gasteiger partial charge < -0.3 is 5.32 Å². The molecule has 0 amide bonds. The predicted octanol–water partition coefficient (Wildman–Crippen LogP) is 5.33. The highest BCUT2D eigenvalue weighted by molar-refractivity contribution is 8.01. The fraction of sp³-hybridized carbons (Fsp3) is 0.235. The minimum absolute atomic E-state index is 0.404. The van der Waals surface area contributed by atoms with Gasteiger partial charge in [-0.05, 0) is 35.6 Å². The Hall–Kier alpha value is -1.52. The van der Waals surface area contributed by atoms with E-state index >= 15 is 0 Å². The zero-order valence-electron chi connectivity index (χ0n) is 11.7. The van der Waals surface area contributed by atoms with Gasteiger partial charge in [0, 0.05) is 34.1 Å². The maximum Gasteiger partial charge on any atom is 0.0653 e. The van der Waals surface area contributed by atoms with Crippen molar-refractivity contribution in [1.82, 2.24) is 4.98 Å². The summed E-state index contributed by atoms with van der Waals surface area (Å²) in [6, 6.07) is 11.1. The summed E-state index contributed by atoms with van der Waals surface area (Å²) in [7, 11) is 0. The van der Waals surface area contributed by atoms with Crippen molar-refractivity contribution in [3.05, 3.63) is 53.7 Å².